The zero-order valence-corrected chi connectivity index (χ0v) is 16.4. The number of carbonyl (C=O) groups is 2. The lowest BCUT2D eigenvalue weighted by Crippen LogP contribution is -2.57. The summed E-state index contributed by atoms with van der Waals surface area (Å²) in [6.07, 6.45) is 4.88. The summed E-state index contributed by atoms with van der Waals surface area (Å²) < 4.78 is 18.1. The molecular formula is C21H28FN3O3. The Kier molecular flexibility index (Phi) is 6.01. The first-order chi connectivity index (χ1) is 13.3. The lowest BCUT2D eigenvalue weighted by atomic mass is 9.92. The molecule has 152 valence electrons. The normalized spacial score (nSPS) is 18.1. The van der Waals surface area contributed by atoms with Gasteiger partial charge in [0.2, 0.25) is 5.91 Å². The highest BCUT2D eigenvalue weighted by atomic mass is 19.1. The molecule has 0 spiro atoms. The number of alkyl halides is 1. The molecule has 3 N–H and O–H groups in total. The fourth-order valence-electron chi connectivity index (χ4n) is 3.43. The number of carbonyl (C=O) groups excluding carboxylic acids is 2. The van der Waals surface area contributed by atoms with Crippen LogP contribution in [0.1, 0.15) is 67.8 Å². The van der Waals surface area contributed by atoms with E-state index in [9.17, 15) is 14.0 Å². The lowest BCUT2D eigenvalue weighted by Gasteiger charge is -2.31. The first-order valence-electron chi connectivity index (χ1n) is 9.84. The number of amidine groups is 1. The van der Waals surface area contributed by atoms with Crippen molar-refractivity contribution in [2.45, 2.75) is 57.4 Å². The SMILES string of the molecule is CC(=O)NC(=N)C(C)(CC1CC1)NC(=O)c1ccc(C2CC2)c(OCCF)c1. The summed E-state index contributed by atoms with van der Waals surface area (Å²) >= 11 is 0. The molecule has 3 rings (SSSR count). The summed E-state index contributed by atoms with van der Waals surface area (Å²) in [7, 11) is 0. The molecule has 2 saturated carbocycles. The number of benzene rings is 1. The largest absolute Gasteiger partial charge is 0.491 e. The number of halogens is 1. The van der Waals surface area contributed by atoms with Gasteiger partial charge in [-0.1, -0.05) is 18.9 Å². The van der Waals surface area contributed by atoms with Crippen molar-refractivity contribution in [2.75, 3.05) is 13.3 Å². The van der Waals surface area contributed by atoms with Crippen LogP contribution in [0, 0.1) is 11.3 Å². The van der Waals surface area contributed by atoms with Crippen LogP contribution in [0.2, 0.25) is 0 Å². The molecule has 1 aromatic rings. The van der Waals surface area contributed by atoms with E-state index in [2.05, 4.69) is 10.6 Å². The van der Waals surface area contributed by atoms with Gasteiger partial charge in [0.1, 0.15) is 24.9 Å². The van der Waals surface area contributed by atoms with E-state index in [1.54, 1.807) is 19.1 Å². The van der Waals surface area contributed by atoms with Crippen molar-refractivity contribution < 1.29 is 18.7 Å². The van der Waals surface area contributed by atoms with Crippen LogP contribution in [0.4, 0.5) is 4.39 Å². The minimum atomic E-state index is -0.959. The number of hydrogen-bond donors (Lipinski definition) is 3. The van der Waals surface area contributed by atoms with Crippen molar-refractivity contribution in [2.24, 2.45) is 5.92 Å². The van der Waals surface area contributed by atoms with Crippen LogP contribution in [0.15, 0.2) is 18.2 Å². The smallest absolute Gasteiger partial charge is 0.252 e. The van der Waals surface area contributed by atoms with Crippen LogP contribution in [-0.2, 0) is 4.79 Å². The third-order valence-corrected chi connectivity index (χ3v) is 5.26. The predicted molar refractivity (Wildman–Crippen MR) is 105 cm³/mol. The molecule has 0 bridgehead atoms. The Bertz CT molecular complexity index is 774. The highest BCUT2D eigenvalue weighted by molar-refractivity contribution is 6.04. The van der Waals surface area contributed by atoms with Crippen LogP contribution < -0.4 is 15.4 Å². The second-order valence-corrected chi connectivity index (χ2v) is 8.05. The minimum Gasteiger partial charge on any atom is -0.491 e. The molecule has 0 heterocycles. The van der Waals surface area contributed by atoms with Crippen LogP contribution in [0.5, 0.6) is 5.75 Å². The maximum Gasteiger partial charge on any atom is 0.252 e. The van der Waals surface area contributed by atoms with E-state index in [4.69, 9.17) is 10.1 Å². The summed E-state index contributed by atoms with van der Waals surface area (Å²) in [5, 5.41) is 13.7. The Labute approximate surface area is 164 Å². The van der Waals surface area contributed by atoms with E-state index in [-0.39, 0.29) is 24.3 Å². The molecule has 0 saturated heterocycles. The Morgan fingerprint density at radius 3 is 2.57 bits per heavy atom. The average Bonchev–Trinajstić information content (AvgIpc) is 3.53. The van der Waals surface area contributed by atoms with Crippen molar-refractivity contribution in [1.29, 1.82) is 5.41 Å². The third kappa shape index (κ3) is 5.09. The molecule has 2 amide bonds. The molecule has 0 aliphatic heterocycles. The van der Waals surface area contributed by atoms with Gasteiger partial charge in [-0.25, -0.2) is 4.39 Å². The zero-order valence-electron chi connectivity index (χ0n) is 16.4. The van der Waals surface area contributed by atoms with Gasteiger partial charge in [0.05, 0.1) is 5.54 Å². The molecule has 6 nitrogen and oxygen atoms in total. The number of amides is 2. The second-order valence-electron chi connectivity index (χ2n) is 8.05. The lowest BCUT2D eigenvalue weighted by molar-refractivity contribution is -0.117. The van der Waals surface area contributed by atoms with Gasteiger partial charge in [-0.3, -0.25) is 15.0 Å². The fraction of sp³-hybridized carbons (Fsp3) is 0.571. The van der Waals surface area contributed by atoms with E-state index >= 15 is 0 Å². The summed E-state index contributed by atoms with van der Waals surface area (Å²) in [6, 6.07) is 5.26. The molecule has 28 heavy (non-hydrogen) atoms. The molecule has 2 aliphatic carbocycles. The number of hydrogen-bond acceptors (Lipinski definition) is 4. The predicted octanol–water partition coefficient (Wildman–Crippen LogP) is 3.31. The van der Waals surface area contributed by atoms with Crippen LogP contribution in [0.25, 0.3) is 0 Å². The third-order valence-electron chi connectivity index (χ3n) is 5.26. The molecule has 0 aromatic heterocycles. The molecule has 1 atom stereocenters. The monoisotopic (exact) mass is 389 g/mol. The molecular weight excluding hydrogens is 361 g/mol. The van der Waals surface area contributed by atoms with Crippen molar-refractivity contribution in [3.8, 4) is 5.75 Å². The van der Waals surface area contributed by atoms with Crippen molar-refractivity contribution in [3.05, 3.63) is 29.3 Å². The Morgan fingerprint density at radius 2 is 2.00 bits per heavy atom. The Hall–Kier alpha value is -2.44. The first kappa shape index (κ1) is 20.3. The van der Waals surface area contributed by atoms with Gasteiger partial charge in [-0.2, -0.15) is 0 Å². The van der Waals surface area contributed by atoms with Gasteiger partial charge in [-0.05, 0) is 55.7 Å². The van der Waals surface area contributed by atoms with Crippen LogP contribution in [0.3, 0.4) is 0 Å². The summed E-state index contributed by atoms with van der Waals surface area (Å²) in [6.45, 7) is 2.48. The maximum atomic E-state index is 12.9. The summed E-state index contributed by atoms with van der Waals surface area (Å²) in [4.78, 5) is 24.3. The van der Waals surface area contributed by atoms with E-state index in [0.29, 0.717) is 29.6 Å². The molecule has 1 unspecified atom stereocenters. The Balaban J connectivity index is 1.78. The zero-order chi connectivity index (χ0) is 20.3. The highest BCUT2D eigenvalue weighted by Gasteiger charge is 2.39. The van der Waals surface area contributed by atoms with Gasteiger partial charge in [-0.15, -0.1) is 0 Å². The van der Waals surface area contributed by atoms with E-state index in [1.165, 1.54) is 6.92 Å². The molecule has 0 radical (unpaired) electrons. The van der Waals surface area contributed by atoms with E-state index in [0.717, 1.165) is 31.2 Å². The van der Waals surface area contributed by atoms with E-state index < -0.39 is 12.2 Å². The van der Waals surface area contributed by atoms with Crippen molar-refractivity contribution in [3.63, 3.8) is 0 Å². The molecule has 7 heteroatoms. The van der Waals surface area contributed by atoms with E-state index in [1.807, 2.05) is 6.07 Å². The fourth-order valence-corrected chi connectivity index (χ4v) is 3.43. The van der Waals surface area contributed by atoms with Crippen LogP contribution in [-0.4, -0.2) is 36.5 Å². The molecule has 2 fully saturated rings. The van der Waals surface area contributed by atoms with Gasteiger partial charge in [0, 0.05) is 12.5 Å². The molecule has 2 aliphatic rings. The van der Waals surface area contributed by atoms with Crippen molar-refractivity contribution >= 4 is 17.6 Å². The molecule has 1 aromatic carbocycles. The Morgan fingerprint density at radius 1 is 1.29 bits per heavy atom. The van der Waals surface area contributed by atoms with Gasteiger partial charge < -0.3 is 15.4 Å². The quantitative estimate of drug-likeness (QED) is 0.447. The standard InChI is InChI=1S/C21H28FN3O3/c1-13(26)24-20(23)21(2,12-14-3-4-14)25-19(27)16-7-8-17(15-5-6-15)18(11-16)28-10-9-22/h7-8,11,14-15H,3-6,9-10,12H2,1-2H3,(H,25,27)(H2,23,24,26). The summed E-state index contributed by atoms with van der Waals surface area (Å²) in [5.74, 6) is 0.722. The maximum absolute atomic E-state index is 12.9. The second kappa shape index (κ2) is 8.29. The first-order valence-corrected chi connectivity index (χ1v) is 9.84. The minimum absolute atomic E-state index is 0.0104. The highest BCUT2D eigenvalue weighted by Crippen LogP contribution is 2.44. The van der Waals surface area contributed by atoms with Gasteiger partial charge >= 0.3 is 0 Å². The average molecular weight is 389 g/mol. The number of ether oxygens (including phenoxy) is 1. The number of rotatable bonds is 9. The van der Waals surface area contributed by atoms with Crippen LogP contribution >= 0.6 is 0 Å². The topological polar surface area (TPSA) is 91.3 Å². The summed E-state index contributed by atoms with van der Waals surface area (Å²) in [5.41, 5.74) is 0.451. The van der Waals surface area contributed by atoms with Gasteiger partial charge in [0.15, 0.2) is 0 Å². The van der Waals surface area contributed by atoms with Crippen molar-refractivity contribution in [1.82, 2.24) is 10.6 Å². The number of nitrogens with one attached hydrogen (secondary N) is 3. The van der Waals surface area contributed by atoms with Gasteiger partial charge in [0.25, 0.3) is 5.91 Å².